The van der Waals surface area contributed by atoms with Crippen LogP contribution in [0.1, 0.15) is 22.6 Å². The van der Waals surface area contributed by atoms with Gasteiger partial charge >= 0.3 is 0 Å². The van der Waals surface area contributed by atoms with E-state index >= 15 is 0 Å². The molecule has 5 heteroatoms. The minimum atomic E-state index is 0.416. The highest BCUT2D eigenvalue weighted by molar-refractivity contribution is 6.30. The molecule has 124 valence electrons. The van der Waals surface area contributed by atoms with Crippen LogP contribution in [-0.4, -0.2) is 23.5 Å². The summed E-state index contributed by atoms with van der Waals surface area (Å²) < 4.78 is 11.9. The van der Waals surface area contributed by atoms with Crippen molar-refractivity contribution in [3.8, 4) is 0 Å². The molecular formula is C19H19ClN2O2. The highest BCUT2D eigenvalue weighted by Crippen LogP contribution is 2.32. The van der Waals surface area contributed by atoms with E-state index in [1.807, 2.05) is 12.1 Å². The zero-order chi connectivity index (χ0) is 16.5. The lowest BCUT2D eigenvalue weighted by molar-refractivity contribution is 0.0904. The van der Waals surface area contributed by atoms with Gasteiger partial charge < -0.3 is 14.1 Å². The number of ether oxygens (including phenoxy) is 1. The third-order valence-electron chi connectivity index (χ3n) is 4.44. The van der Waals surface area contributed by atoms with Crippen LogP contribution >= 0.6 is 11.6 Å². The van der Waals surface area contributed by atoms with Crippen LogP contribution in [0.3, 0.4) is 0 Å². The minimum absolute atomic E-state index is 0.416. The Kier molecular flexibility index (Phi) is 4.27. The van der Waals surface area contributed by atoms with Crippen molar-refractivity contribution in [2.45, 2.75) is 26.2 Å². The molecule has 0 unspecified atom stereocenters. The van der Waals surface area contributed by atoms with Crippen molar-refractivity contribution in [2.24, 2.45) is 0 Å². The number of aromatic nitrogens is 1. The van der Waals surface area contributed by atoms with E-state index < -0.39 is 0 Å². The van der Waals surface area contributed by atoms with E-state index in [0.717, 1.165) is 36.5 Å². The second kappa shape index (κ2) is 6.55. The SMILES string of the molecule is CN1CCc2cccc3oc(COCc4cc(Cl)ccn4)c(c23)C1. The zero-order valence-electron chi connectivity index (χ0n) is 13.6. The first-order chi connectivity index (χ1) is 11.7. The van der Waals surface area contributed by atoms with E-state index in [1.165, 1.54) is 16.5 Å². The summed E-state index contributed by atoms with van der Waals surface area (Å²) in [6.07, 6.45) is 2.74. The number of hydrogen-bond acceptors (Lipinski definition) is 4. The number of furan rings is 1. The Morgan fingerprint density at radius 2 is 2.21 bits per heavy atom. The third-order valence-corrected chi connectivity index (χ3v) is 4.67. The van der Waals surface area contributed by atoms with Gasteiger partial charge in [0.25, 0.3) is 0 Å². The molecular weight excluding hydrogens is 324 g/mol. The van der Waals surface area contributed by atoms with Gasteiger partial charge in [0.1, 0.15) is 18.0 Å². The molecule has 0 aliphatic carbocycles. The smallest absolute Gasteiger partial charge is 0.135 e. The van der Waals surface area contributed by atoms with Crippen molar-refractivity contribution in [3.63, 3.8) is 0 Å². The maximum atomic E-state index is 6.08. The van der Waals surface area contributed by atoms with Crippen LogP contribution in [-0.2, 0) is 30.9 Å². The Hall–Kier alpha value is -1.88. The second-order valence-electron chi connectivity index (χ2n) is 6.24. The van der Waals surface area contributed by atoms with Gasteiger partial charge in [-0.05, 0) is 37.2 Å². The van der Waals surface area contributed by atoms with E-state index in [9.17, 15) is 0 Å². The van der Waals surface area contributed by atoms with Crippen molar-refractivity contribution in [2.75, 3.05) is 13.6 Å². The third kappa shape index (κ3) is 3.05. The van der Waals surface area contributed by atoms with Crippen LogP contribution in [0.15, 0.2) is 40.9 Å². The Balaban J connectivity index is 1.58. The van der Waals surface area contributed by atoms with E-state index in [2.05, 4.69) is 29.1 Å². The first-order valence-corrected chi connectivity index (χ1v) is 8.47. The summed E-state index contributed by atoms with van der Waals surface area (Å²) in [6.45, 7) is 2.80. The Morgan fingerprint density at radius 3 is 3.08 bits per heavy atom. The molecule has 1 aliphatic heterocycles. The van der Waals surface area contributed by atoms with Gasteiger partial charge in [0.15, 0.2) is 0 Å². The maximum absolute atomic E-state index is 6.08. The second-order valence-corrected chi connectivity index (χ2v) is 6.68. The van der Waals surface area contributed by atoms with Crippen LogP contribution in [0.5, 0.6) is 0 Å². The van der Waals surface area contributed by atoms with Crippen molar-refractivity contribution in [3.05, 3.63) is 64.1 Å². The first kappa shape index (κ1) is 15.6. The van der Waals surface area contributed by atoms with Gasteiger partial charge in [0, 0.05) is 35.3 Å². The average molecular weight is 343 g/mol. The van der Waals surface area contributed by atoms with Gasteiger partial charge in [0.05, 0.1) is 12.3 Å². The number of likely N-dealkylation sites (N-methyl/N-ethyl adjacent to an activating group) is 1. The molecule has 24 heavy (non-hydrogen) atoms. The molecule has 0 bridgehead atoms. The average Bonchev–Trinajstić information content (AvgIpc) is 2.81. The van der Waals surface area contributed by atoms with E-state index in [4.69, 9.17) is 20.8 Å². The largest absolute Gasteiger partial charge is 0.458 e. The molecule has 0 saturated carbocycles. The number of rotatable bonds is 4. The van der Waals surface area contributed by atoms with Crippen molar-refractivity contribution in [1.29, 1.82) is 0 Å². The molecule has 0 spiro atoms. The summed E-state index contributed by atoms with van der Waals surface area (Å²) in [7, 11) is 2.14. The summed E-state index contributed by atoms with van der Waals surface area (Å²) in [5, 5.41) is 1.94. The predicted molar refractivity (Wildman–Crippen MR) is 94.0 cm³/mol. The molecule has 1 aliphatic rings. The van der Waals surface area contributed by atoms with E-state index in [-0.39, 0.29) is 0 Å². The summed E-state index contributed by atoms with van der Waals surface area (Å²) in [5.74, 6) is 0.910. The van der Waals surface area contributed by atoms with Crippen LogP contribution < -0.4 is 0 Å². The standard InChI is InChI=1S/C19H19ClN2O2/c1-22-8-6-13-3-2-4-17-19(13)16(10-22)18(24-17)12-23-11-15-9-14(20)5-7-21-15/h2-5,7,9H,6,8,10-12H2,1H3. The molecule has 0 fully saturated rings. The summed E-state index contributed by atoms with van der Waals surface area (Å²) in [5.41, 5.74) is 4.39. The fourth-order valence-electron chi connectivity index (χ4n) is 3.27. The van der Waals surface area contributed by atoms with Gasteiger partial charge in [-0.3, -0.25) is 4.98 Å². The van der Waals surface area contributed by atoms with Gasteiger partial charge in [-0.2, -0.15) is 0 Å². The van der Waals surface area contributed by atoms with Crippen LogP contribution in [0.25, 0.3) is 11.0 Å². The first-order valence-electron chi connectivity index (χ1n) is 8.09. The lowest BCUT2D eigenvalue weighted by atomic mass is 10.0. The molecule has 0 saturated heterocycles. The molecule has 0 amide bonds. The fraction of sp³-hybridized carbons (Fsp3) is 0.316. The fourth-order valence-corrected chi connectivity index (χ4v) is 3.45. The van der Waals surface area contributed by atoms with Crippen molar-refractivity contribution < 1.29 is 9.15 Å². The quantitative estimate of drug-likeness (QED) is 0.712. The summed E-state index contributed by atoms with van der Waals surface area (Å²) in [4.78, 5) is 6.59. The lowest BCUT2D eigenvalue weighted by Crippen LogP contribution is -2.19. The molecule has 1 aromatic carbocycles. The number of pyridine rings is 1. The van der Waals surface area contributed by atoms with Crippen LogP contribution in [0, 0.1) is 0 Å². The summed E-state index contributed by atoms with van der Waals surface area (Å²) in [6, 6.07) is 9.88. The van der Waals surface area contributed by atoms with Gasteiger partial charge in [-0.15, -0.1) is 0 Å². The number of hydrogen-bond donors (Lipinski definition) is 0. The molecule has 4 rings (SSSR count). The zero-order valence-corrected chi connectivity index (χ0v) is 14.3. The number of halogens is 1. The Labute approximate surface area is 146 Å². The van der Waals surface area contributed by atoms with Crippen molar-refractivity contribution in [1.82, 2.24) is 9.88 Å². The van der Waals surface area contributed by atoms with Gasteiger partial charge in [-0.1, -0.05) is 23.7 Å². The lowest BCUT2D eigenvalue weighted by Gasteiger charge is -2.13. The molecule has 3 aromatic rings. The molecule has 4 nitrogen and oxygen atoms in total. The molecule has 0 N–H and O–H groups in total. The monoisotopic (exact) mass is 342 g/mol. The van der Waals surface area contributed by atoms with Crippen molar-refractivity contribution >= 4 is 22.6 Å². The van der Waals surface area contributed by atoms with E-state index in [1.54, 1.807) is 12.3 Å². The maximum Gasteiger partial charge on any atom is 0.135 e. The molecule has 2 aromatic heterocycles. The molecule has 0 atom stereocenters. The molecule has 0 radical (unpaired) electrons. The number of nitrogens with zero attached hydrogens (tertiary/aromatic N) is 2. The minimum Gasteiger partial charge on any atom is -0.458 e. The van der Waals surface area contributed by atoms with Gasteiger partial charge in [-0.25, -0.2) is 0 Å². The Morgan fingerprint density at radius 1 is 1.29 bits per heavy atom. The summed E-state index contributed by atoms with van der Waals surface area (Å²) >= 11 is 5.98. The van der Waals surface area contributed by atoms with E-state index in [0.29, 0.717) is 18.2 Å². The number of benzene rings is 1. The molecule has 3 heterocycles. The predicted octanol–water partition coefficient (Wildman–Crippen LogP) is 4.19. The van der Waals surface area contributed by atoms with Crippen LogP contribution in [0.2, 0.25) is 5.02 Å². The normalized spacial score (nSPS) is 14.9. The van der Waals surface area contributed by atoms with Gasteiger partial charge in [0.2, 0.25) is 0 Å². The highest BCUT2D eigenvalue weighted by Gasteiger charge is 2.21. The topological polar surface area (TPSA) is 38.5 Å². The highest BCUT2D eigenvalue weighted by atomic mass is 35.5. The Bertz CT molecular complexity index is 875. The van der Waals surface area contributed by atoms with Crippen LogP contribution in [0.4, 0.5) is 0 Å².